The van der Waals surface area contributed by atoms with Crippen molar-refractivity contribution in [3.05, 3.63) is 0 Å². The molecule has 0 aliphatic rings. The van der Waals surface area contributed by atoms with Gasteiger partial charge in [0.2, 0.25) is 0 Å². The molecule has 0 rings (SSSR count). The first kappa shape index (κ1) is 28.5. The Bertz CT molecular complexity index is 150. The maximum atomic E-state index is 8.09. The third-order valence-electron chi connectivity index (χ3n) is 2.54. The van der Waals surface area contributed by atoms with Crippen LogP contribution in [0.3, 0.4) is 0 Å². The van der Waals surface area contributed by atoms with Crippen LogP contribution in [0.25, 0.3) is 0 Å². The SMILES string of the molecule is NCCCOCCCN.NCCCOCCCN.OCCCCO. The molecule has 0 aromatic heterocycles. The molecule has 150 valence electrons. The van der Waals surface area contributed by atoms with Crippen molar-refractivity contribution in [2.45, 2.75) is 38.5 Å². The van der Waals surface area contributed by atoms with Crippen LogP contribution in [0.2, 0.25) is 0 Å². The van der Waals surface area contributed by atoms with Gasteiger partial charge in [-0.15, -0.1) is 0 Å². The fourth-order valence-electron chi connectivity index (χ4n) is 1.17. The van der Waals surface area contributed by atoms with E-state index >= 15 is 0 Å². The lowest BCUT2D eigenvalue weighted by Gasteiger charge is -1.99. The van der Waals surface area contributed by atoms with E-state index < -0.39 is 0 Å². The van der Waals surface area contributed by atoms with E-state index in [-0.39, 0.29) is 13.2 Å². The third-order valence-corrected chi connectivity index (χ3v) is 2.54. The number of ether oxygens (including phenoxy) is 2. The molecular weight excluding hydrogens is 312 g/mol. The minimum atomic E-state index is 0.195. The zero-order valence-electron chi connectivity index (χ0n) is 15.3. The van der Waals surface area contributed by atoms with Crippen molar-refractivity contribution in [2.24, 2.45) is 22.9 Å². The first-order valence-corrected chi connectivity index (χ1v) is 8.92. The maximum Gasteiger partial charge on any atom is 0.0478 e. The smallest absolute Gasteiger partial charge is 0.0478 e. The van der Waals surface area contributed by atoms with Crippen molar-refractivity contribution in [3.63, 3.8) is 0 Å². The van der Waals surface area contributed by atoms with E-state index in [2.05, 4.69) is 0 Å². The number of hydrogen-bond donors (Lipinski definition) is 6. The molecule has 8 heteroatoms. The van der Waals surface area contributed by atoms with Crippen molar-refractivity contribution in [1.29, 1.82) is 0 Å². The van der Waals surface area contributed by atoms with Gasteiger partial charge in [-0.25, -0.2) is 0 Å². The summed E-state index contributed by atoms with van der Waals surface area (Å²) >= 11 is 0. The second-order valence-corrected chi connectivity index (χ2v) is 4.95. The molecule has 0 spiro atoms. The molecule has 0 bridgehead atoms. The molecule has 24 heavy (non-hydrogen) atoms. The highest BCUT2D eigenvalue weighted by molar-refractivity contribution is 4.38. The van der Waals surface area contributed by atoms with Gasteiger partial charge in [-0.2, -0.15) is 0 Å². The maximum absolute atomic E-state index is 8.09. The van der Waals surface area contributed by atoms with Gasteiger partial charge >= 0.3 is 0 Å². The molecule has 0 atom stereocenters. The first-order chi connectivity index (χ1) is 11.7. The Morgan fingerprint density at radius 1 is 0.458 bits per heavy atom. The highest BCUT2D eigenvalue weighted by Crippen LogP contribution is 1.82. The summed E-state index contributed by atoms with van der Waals surface area (Å²) in [6, 6.07) is 0. The first-order valence-electron chi connectivity index (χ1n) is 8.92. The van der Waals surface area contributed by atoms with Crippen molar-refractivity contribution in [2.75, 3.05) is 65.8 Å². The van der Waals surface area contributed by atoms with Crippen LogP contribution in [-0.2, 0) is 9.47 Å². The van der Waals surface area contributed by atoms with Crippen molar-refractivity contribution in [1.82, 2.24) is 0 Å². The van der Waals surface area contributed by atoms with E-state index in [1.165, 1.54) is 0 Å². The van der Waals surface area contributed by atoms with Gasteiger partial charge in [0.05, 0.1) is 0 Å². The normalized spacial score (nSPS) is 9.75. The Hall–Kier alpha value is -0.320. The molecule has 0 saturated heterocycles. The summed E-state index contributed by atoms with van der Waals surface area (Å²) in [5.41, 5.74) is 21.0. The molecule has 10 N–H and O–H groups in total. The summed E-state index contributed by atoms with van der Waals surface area (Å²) in [7, 11) is 0. The summed E-state index contributed by atoms with van der Waals surface area (Å²) in [4.78, 5) is 0. The number of rotatable bonds is 15. The second-order valence-electron chi connectivity index (χ2n) is 4.95. The highest BCUT2D eigenvalue weighted by Gasteiger charge is 1.85. The summed E-state index contributed by atoms with van der Waals surface area (Å²) < 4.78 is 10.3. The fourth-order valence-corrected chi connectivity index (χ4v) is 1.17. The standard InChI is InChI=1S/2C6H16N2O.C4H10O2/c2*7-3-1-5-9-6-2-4-8;5-3-1-2-4-6/h2*1-8H2;5-6H,1-4H2. The highest BCUT2D eigenvalue weighted by atomic mass is 16.5. The second kappa shape index (κ2) is 34.1. The zero-order valence-corrected chi connectivity index (χ0v) is 15.3. The molecule has 0 aromatic rings. The summed E-state index contributed by atoms with van der Waals surface area (Å²) in [6.45, 7) is 6.33. The Morgan fingerprint density at radius 2 is 0.708 bits per heavy atom. The summed E-state index contributed by atoms with van der Waals surface area (Å²) in [5, 5.41) is 16.2. The van der Waals surface area contributed by atoms with E-state index in [4.69, 9.17) is 42.6 Å². The minimum Gasteiger partial charge on any atom is -0.396 e. The Balaban J connectivity index is -0.000000282. The number of aliphatic hydroxyl groups is 2. The number of nitrogens with two attached hydrogens (primary N) is 4. The molecular formula is C16H42N4O4. The van der Waals surface area contributed by atoms with Crippen LogP contribution < -0.4 is 22.9 Å². The van der Waals surface area contributed by atoms with Gasteiger partial charge < -0.3 is 42.6 Å². The van der Waals surface area contributed by atoms with Gasteiger partial charge in [-0.05, 0) is 64.7 Å². The van der Waals surface area contributed by atoms with Gasteiger partial charge in [0.25, 0.3) is 0 Å². The summed E-state index contributed by atoms with van der Waals surface area (Å²) in [6.07, 6.45) is 5.23. The molecule has 0 aliphatic carbocycles. The van der Waals surface area contributed by atoms with Crippen LogP contribution in [0.4, 0.5) is 0 Å². The predicted molar refractivity (Wildman–Crippen MR) is 99.7 cm³/mol. The van der Waals surface area contributed by atoms with Crippen LogP contribution >= 0.6 is 0 Å². The van der Waals surface area contributed by atoms with Crippen LogP contribution in [-0.4, -0.2) is 76.0 Å². The van der Waals surface area contributed by atoms with E-state index in [0.29, 0.717) is 26.2 Å². The third kappa shape index (κ3) is 43.0. The molecule has 0 fully saturated rings. The number of unbranched alkanes of at least 4 members (excludes halogenated alkanes) is 1. The predicted octanol–water partition coefficient (Wildman–Crippen LogP) is -0.848. The molecule has 0 saturated carbocycles. The van der Waals surface area contributed by atoms with Crippen molar-refractivity contribution >= 4 is 0 Å². The van der Waals surface area contributed by atoms with Gasteiger partial charge in [-0.3, -0.25) is 0 Å². The van der Waals surface area contributed by atoms with Gasteiger partial charge in [0.15, 0.2) is 0 Å². The van der Waals surface area contributed by atoms with E-state index in [0.717, 1.165) is 65.0 Å². The summed E-state index contributed by atoms with van der Waals surface area (Å²) in [5.74, 6) is 0. The Labute approximate surface area is 147 Å². The monoisotopic (exact) mass is 354 g/mol. The Kier molecular flexibility index (Phi) is 40.5. The fraction of sp³-hybridized carbons (Fsp3) is 1.00. The molecule has 0 aromatic carbocycles. The topological polar surface area (TPSA) is 163 Å². The van der Waals surface area contributed by atoms with E-state index in [9.17, 15) is 0 Å². The van der Waals surface area contributed by atoms with Gasteiger partial charge in [0.1, 0.15) is 0 Å². The van der Waals surface area contributed by atoms with Crippen LogP contribution in [0.1, 0.15) is 38.5 Å². The lowest BCUT2D eigenvalue weighted by molar-refractivity contribution is 0.132. The van der Waals surface area contributed by atoms with Crippen LogP contribution in [0.15, 0.2) is 0 Å². The molecule has 0 amide bonds. The molecule has 8 nitrogen and oxygen atoms in total. The van der Waals surface area contributed by atoms with E-state index in [1.807, 2.05) is 0 Å². The van der Waals surface area contributed by atoms with E-state index in [1.54, 1.807) is 0 Å². The average Bonchev–Trinajstić information content (AvgIpc) is 2.61. The van der Waals surface area contributed by atoms with Crippen LogP contribution in [0, 0.1) is 0 Å². The quantitative estimate of drug-likeness (QED) is 0.207. The minimum absolute atomic E-state index is 0.195. The average molecular weight is 355 g/mol. The van der Waals surface area contributed by atoms with Crippen molar-refractivity contribution in [3.8, 4) is 0 Å². The Morgan fingerprint density at radius 3 is 0.875 bits per heavy atom. The lowest BCUT2D eigenvalue weighted by atomic mass is 10.3. The largest absolute Gasteiger partial charge is 0.396 e. The number of hydrogen-bond acceptors (Lipinski definition) is 8. The number of aliphatic hydroxyl groups excluding tert-OH is 2. The molecule has 0 radical (unpaired) electrons. The van der Waals surface area contributed by atoms with Crippen molar-refractivity contribution < 1.29 is 19.7 Å². The lowest BCUT2D eigenvalue weighted by Crippen LogP contribution is -2.08. The van der Waals surface area contributed by atoms with Gasteiger partial charge in [0, 0.05) is 39.6 Å². The molecule has 0 heterocycles. The zero-order chi connectivity index (χ0) is 18.7. The molecule has 0 aliphatic heterocycles. The molecule has 0 unspecified atom stereocenters. The van der Waals surface area contributed by atoms with Gasteiger partial charge in [-0.1, -0.05) is 0 Å². The van der Waals surface area contributed by atoms with Crippen LogP contribution in [0.5, 0.6) is 0 Å².